The van der Waals surface area contributed by atoms with Crippen LogP contribution in [0.15, 0.2) is 66.0 Å². The van der Waals surface area contributed by atoms with Crippen molar-refractivity contribution in [3.63, 3.8) is 0 Å². The number of carbonyl (C=O) groups excluding carboxylic acids is 2. The first-order valence-electron chi connectivity index (χ1n) is 10.8. The normalized spacial score (nSPS) is 11.0. The molecule has 0 spiro atoms. The third-order valence-corrected chi connectivity index (χ3v) is 6.84. The van der Waals surface area contributed by atoms with Crippen molar-refractivity contribution in [1.29, 1.82) is 0 Å². The second-order valence-corrected chi connectivity index (χ2v) is 9.65. The maximum atomic E-state index is 12.5. The molecule has 0 aliphatic heterocycles. The number of halogens is 2. The van der Waals surface area contributed by atoms with Gasteiger partial charge in [0, 0.05) is 16.5 Å². The molecule has 2 heterocycles. The lowest BCUT2D eigenvalue weighted by Crippen LogP contribution is -2.20. The first-order chi connectivity index (χ1) is 17.4. The molecule has 36 heavy (non-hydrogen) atoms. The molecule has 2 N–H and O–H groups in total. The standard InChI is InChI=1S/C26H18Cl2N4O3S/c1-14-2-4-15(5-3-14)24-29-20-9-7-17(11-21(20)30-24)25(34)35-12-23(33)32-26-31-22(13-36-26)16-6-8-18(27)19(28)10-16/h2-11,13H,12H2,1H3,(H,29,30)(H,31,32,33). The molecule has 7 nitrogen and oxygen atoms in total. The molecule has 180 valence electrons. The number of aromatic nitrogens is 3. The third kappa shape index (κ3) is 5.26. The smallest absolute Gasteiger partial charge is 0.338 e. The van der Waals surface area contributed by atoms with Crippen LogP contribution in [0.5, 0.6) is 0 Å². The first-order valence-corrected chi connectivity index (χ1v) is 12.4. The van der Waals surface area contributed by atoms with E-state index >= 15 is 0 Å². The van der Waals surface area contributed by atoms with E-state index in [1.807, 2.05) is 31.2 Å². The zero-order chi connectivity index (χ0) is 25.2. The maximum absolute atomic E-state index is 12.5. The van der Waals surface area contributed by atoms with Gasteiger partial charge >= 0.3 is 5.97 Å². The van der Waals surface area contributed by atoms with Crippen LogP contribution in [0.2, 0.25) is 10.0 Å². The van der Waals surface area contributed by atoms with Crippen LogP contribution in [0.25, 0.3) is 33.7 Å². The molecule has 0 aliphatic carbocycles. The van der Waals surface area contributed by atoms with Crippen molar-refractivity contribution >= 4 is 62.6 Å². The average Bonchev–Trinajstić information content (AvgIpc) is 3.51. The number of rotatable bonds is 6. The summed E-state index contributed by atoms with van der Waals surface area (Å²) in [5, 5.41) is 5.66. The molecule has 1 amide bonds. The van der Waals surface area contributed by atoms with E-state index in [2.05, 4.69) is 20.3 Å². The summed E-state index contributed by atoms with van der Waals surface area (Å²) in [4.78, 5) is 37.0. The second-order valence-electron chi connectivity index (χ2n) is 7.97. The average molecular weight is 537 g/mol. The van der Waals surface area contributed by atoms with Gasteiger partial charge in [-0.2, -0.15) is 0 Å². The Morgan fingerprint density at radius 3 is 2.53 bits per heavy atom. The molecule has 5 aromatic rings. The van der Waals surface area contributed by atoms with Crippen molar-refractivity contribution in [3.8, 4) is 22.6 Å². The van der Waals surface area contributed by atoms with Gasteiger partial charge in [0.15, 0.2) is 11.7 Å². The number of esters is 1. The number of aromatic amines is 1. The lowest BCUT2D eigenvalue weighted by Gasteiger charge is -2.05. The highest BCUT2D eigenvalue weighted by molar-refractivity contribution is 7.14. The van der Waals surface area contributed by atoms with Crippen molar-refractivity contribution in [1.82, 2.24) is 15.0 Å². The summed E-state index contributed by atoms with van der Waals surface area (Å²) in [6.07, 6.45) is 0. The van der Waals surface area contributed by atoms with Gasteiger partial charge in [-0.3, -0.25) is 10.1 Å². The Labute approximate surface area is 220 Å². The van der Waals surface area contributed by atoms with Crippen molar-refractivity contribution in [2.24, 2.45) is 0 Å². The topological polar surface area (TPSA) is 97.0 Å². The minimum atomic E-state index is -0.617. The zero-order valence-corrected chi connectivity index (χ0v) is 21.2. The number of amides is 1. The van der Waals surface area contributed by atoms with Crippen LogP contribution in [0.4, 0.5) is 5.13 Å². The van der Waals surface area contributed by atoms with Gasteiger partial charge in [0.05, 0.1) is 32.3 Å². The number of thiazole rings is 1. The molecule has 0 saturated carbocycles. The number of nitrogens with one attached hydrogen (secondary N) is 2. The van der Waals surface area contributed by atoms with Gasteiger partial charge in [0.2, 0.25) is 0 Å². The van der Waals surface area contributed by atoms with Crippen LogP contribution < -0.4 is 5.32 Å². The monoisotopic (exact) mass is 536 g/mol. The molecule has 0 saturated heterocycles. The SMILES string of the molecule is Cc1ccc(-c2nc3ccc(C(=O)OCC(=O)Nc4nc(-c5ccc(Cl)c(Cl)c5)cs4)cc3[nH]2)cc1. The number of imidazole rings is 1. The van der Waals surface area contributed by atoms with Gasteiger partial charge in [-0.15, -0.1) is 11.3 Å². The Kier molecular flexibility index (Phi) is 6.73. The van der Waals surface area contributed by atoms with Crippen LogP contribution in [0.1, 0.15) is 15.9 Å². The Hall–Kier alpha value is -3.72. The molecule has 0 aliphatic rings. The van der Waals surface area contributed by atoms with E-state index in [0.717, 1.165) is 22.2 Å². The molecule has 0 bridgehead atoms. The van der Waals surface area contributed by atoms with E-state index in [1.54, 1.807) is 41.8 Å². The van der Waals surface area contributed by atoms with Crippen LogP contribution in [0, 0.1) is 6.92 Å². The van der Waals surface area contributed by atoms with Gasteiger partial charge in [0.25, 0.3) is 5.91 Å². The summed E-state index contributed by atoms with van der Waals surface area (Å²) in [5.74, 6) is -0.407. The zero-order valence-electron chi connectivity index (χ0n) is 18.8. The van der Waals surface area contributed by atoms with Gasteiger partial charge in [-0.25, -0.2) is 14.8 Å². The number of hydrogen-bond donors (Lipinski definition) is 2. The van der Waals surface area contributed by atoms with Gasteiger partial charge in [-0.1, -0.05) is 59.1 Å². The molecule has 0 atom stereocenters. The lowest BCUT2D eigenvalue weighted by molar-refractivity contribution is -0.119. The number of nitrogens with zero attached hydrogens (tertiary/aromatic N) is 2. The molecule has 3 aromatic carbocycles. The number of carbonyl (C=O) groups is 2. The fourth-order valence-corrected chi connectivity index (χ4v) is 4.51. The number of anilines is 1. The molecule has 5 rings (SSSR count). The molecule has 0 unspecified atom stereocenters. The van der Waals surface area contributed by atoms with Crippen molar-refractivity contribution in [2.75, 3.05) is 11.9 Å². The second kappa shape index (κ2) is 10.1. The number of fused-ring (bicyclic) bond motifs is 1. The number of H-pyrrole nitrogens is 1. The van der Waals surface area contributed by atoms with E-state index in [4.69, 9.17) is 27.9 Å². The highest BCUT2D eigenvalue weighted by Gasteiger charge is 2.15. The highest BCUT2D eigenvalue weighted by Crippen LogP contribution is 2.30. The van der Waals surface area contributed by atoms with Crippen LogP contribution in [0.3, 0.4) is 0 Å². The molecule has 10 heteroatoms. The molecule has 2 aromatic heterocycles. The number of hydrogen-bond acceptors (Lipinski definition) is 6. The Morgan fingerprint density at radius 1 is 0.972 bits per heavy atom. The minimum absolute atomic E-state index is 0.311. The van der Waals surface area contributed by atoms with E-state index < -0.39 is 18.5 Å². The predicted molar refractivity (Wildman–Crippen MR) is 143 cm³/mol. The van der Waals surface area contributed by atoms with Gasteiger partial charge in [-0.05, 0) is 37.3 Å². The number of ether oxygens (including phenoxy) is 1. The van der Waals surface area contributed by atoms with E-state index in [1.165, 1.54) is 11.3 Å². The Balaban J connectivity index is 1.20. The summed E-state index contributed by atoms with van der Waals surface area (Å²) in [6.45, 7) is 1.57. The lowest BCUT2D eigenvalue weighted by atomic mass is 10.1. The van der Waals surface area contributed by atoms with E-state index in [9.17, 15) is 9.59 Å². The first kappa shape index (κ1) is 24.0. The van der Waals surface area contributed by atoms with Crippen LogP contribution >= 0.6 is 34.5 Å². The molecule has 0 fully saturated rings. The van der Waals surface area contributed by atoms with E-state index in [-0.39, 0.29) is 0 Å². The summed E-state index contributed by atoms with van der Waals surface area (Å²) in [7, 11) is 0. The summed E-state index contributed by atoms with van der Waals surface area (Å²) >= 11 is 13.3. The highest BCUT2D eigenvalue weighted by atomic mass is 35.5. The molecule has 0 radical (unpaired) electrons. The van der Waals surface area contributed by atoms with Gasteiger partial charge in [0.1, 0.15) is 5.82 Å². The van der Waals surface area contributed by atoms with Gasteiger partial charge < -0.3 is 9.72 Å². The largest absolute Gasteiger partial charge is 0.452 e. The number of benzene rings is 3. The minimum Gasteiger partial charge on any atom is -0.452 e. The maximum Gasteiger partial charge on any atom is 0.338 e. The van der Waals surface area contributed by atoms with Crippen molar-refractivity contribution < 1.29 is 14.3 Å². The predicted octanol–water partition coefficient (Wildman–Crippen LogP) is 6.76. The Bertz CT molecular complexity index is 1590. The fourth-order valence-electron chi connectivity index (χ4n) is 3.47. The Morgan fingerprint density at radius 2 is 1.75 bits per heavy atom. The summed E-state index contributed by atoms with van der Waals surface area (Å²) in [6, 6.07) is 18.2. The quantitative estimate of drug-likeness (QED) is 0.233. The van der Waals surface area contributed by atoms with Crippen LogP contribution in [-0.4, -0.2) is 33.4 Å². The van der Waals surface area contributed by atoms with Crippen molar-refractivity contribution in [3.05, 3.63) is 87.2 Å². The number of aryl methyl sites for hydroxylation is 1. The van der Waals surface area contributed by atoms with Crippen LogP contribution in [-0.2, 0) is 9.53 Å². The molecular formula is C26H18Cl2N4O3S. The van der Waals surface area contributed by atoms with Crippen molar-refractivity contribution in [2.45, 2.75) is 6.92 Å². The summed E-state index contributed by atoms with van der Waals surface area (Å²) in [5.41, 5.74) is 5.25. The fraction of sp³-hybridized carbons (Fsp3) is 0.0769. The third-order valence-electron chi connectivity index (χ3n) is 5.34. The summed E-state index contributed by atoms with van der Waals surface area (Å²) < 4.78 is 5.20. The molecular weight excluding hydrogens is 519 g/mol. The van der Waals surface area contributed by atoms with E-state index in [0.29, 0.717) is 37.8 Å².